The van der Waals surface area contributed by atoms with Crippen molar-refractivity contribution >= 4 is 11.6 Å². The maximum Gasteiger partial charge on any atom is 0.260 e. The summed E-state index contributed by atoms with van der Waals surface area (Å²) < 4.78 is 5.50. The lowest BCUT2D eigenvalue weighted by atomic mass is 10.2. The molecule has 1 aromatic carbocycles. The minimum absolute atomic E-state index is 0.00466. The second-order valence-corrected chi connectivity index (χ2v) is 5.38. The summed E-state index contributed by atoms with van der Waals surface area (Å²) in [7, 11) is 0. The molecule has 6 nitrogen and oxygen atoms in total. The minimum atomic E-state index is -0.111. The monoisotopic (exact) mass is 313 g/mol. The molecule has 2 aromatic rings. The number of nitrogens with zero attached hydrogens (tertiary/aromatic N) is 2. The molecule has 3 rings (SSSR count). The number of benzene rings is 1. The zero-order valence-electron chi connectivity index (χ0n) is 12.8. The number of nitrogens with one attached hydrogen (secondary N) is 1. The summed E-state index contributed by atoms with van der Waals surface area (Å²) in [6.07, 6.45) is 1.71. The molecule has 0 saturated carbocycles. The highest BCUT2D eigenvalue weighted by Gasteiger charge is 2.21. The highest BCUT2D eigenvalue weighted by atomic mass is 16.5. The largest absolute Gasteiger partial charge is 0.484 e. The summed E-state index contributed by atoms with van der Waals surface area (Å²) in [5, 5.41) is 0. The van der Waals surface area contributed by atoms with E-state index >= 15 is 0 Å². The van der Waals surface area contributed by atoms with Gasteiger partial charge in [0, 0.05) is 38.4 Å². The topological polar surface area (TPSA) is 65.6 Å². The van der Waals surface area contributed by atoms with Crippen molar-refractivity contribution in [3.05, 3.63) is 59.0 Å². The summed E-state index contributed by atoms with van der Waals surface area (Å²) in [4.78, 5) is 29.9. The predicted octanol–water partition coefficient (Wildman–Crippen LogP) is 1.10. The van der Waals surface area contributed by atoms with Crippen LogP contribution in [0.25, 0.3) is 0 Å². The summed E-state index contributed by atoms with van der Waals surface area (Å²) >= 11 is 0. The summed E-state index contributed by atoms with van der Waals surface area (Å²) in [5.74, 6) is 0.697. The maximum atomic E-state index is 12.2. The summed E-state index contributed by atoms with van der Waals surface area (Å²) in [6.45, 7) is 2.83. The van der Waals surface area contributed by atoms with Crippen molar-refractivity contribution in [2.75, 3.05) is 37.7 Å². The number of para-hydroxylation sites is 1. The molecule has 1 saturated heterocycles. The Kier molecular flexibility index (Phi) is 4.61. The quantitative estimate of drug-likeness (QED) is 0.918. The van der Waals surface area contributed by atoms with E-state index < -0.39 is 0 Å². The fraction of sp³-hybridized carbons (Fsp3) is 0.294. The molecular weight excluding hydrogens is 294 g/mol. The Morgan fingerprint density at radius 1 is 1.04 bits per heavy atom. The average Bonchev–Trinajstić information content (AvgIpc) is 2.61. The molecule has 0 aliphatic carbocycles. The van der Waals surface area contributed by atoms with Gasteiger partial charge in [-0.3, -0.25) is 9.59 Å². The molecule has 120 valence electrons. The Labute approximate surface area is 134 Å². The lowest BCUT2D eigenvalue weighted by Crippen LogP contribution is -2.50. The van der Waals surface area contributed by atoms with E-state index in [0.717, 1.165) is 18.8 Å². The number of hydrogen-bond donors (Lipinski definition) is 1. The van der Waals surface area contributed by atoms with Crippen LogP contribution in [0.15, 0.2) is 53.5 Å². The van der Waals surface area contributed by atoms with Gasteiger partial charge in [-0.05, 0) is 18.2 Å². The molecule has 23 heavy (non-hydrogen) atoms. The smallest absolute Gasteiger partial charge is 0.260 e. The predicted molar refractivity (Wildman–Crippen MR) is 87.8 cm³/mol. The number of amides is 1. The Bertz CT molecular complexity index is 686. The molecule has 2 heterocycles. The molecule has 1 aliphatic heterocycles. The zero-order chi connectivity index (χ0) is 16.1. The van der Waals surface area contributed by atoms with Gasteiger partial charge in [0.1, 0.15) is 5.75 Å². The number of rotatable bonds is 4. The fourth-order valence-electron chi connectivity index (χ4n) is 2.57. The Morgan fingerprint density at radius 3 is 2.43 bits per heavy atom. The first kappa shape index (κ1) is 15.1. The first-order valence-corrected chi connectivity index (χ1v) is 7.62. The molecule has 0 atom stereocenters. The van der Waals surface area contributed by atoms with Crippen molar-refractivity contribution in [2.45, 2.75) is 0 Å². The van der Waals surface area contributed by atoms with E-state index in [0.29, 0.717) is 18.8 Å². The third kappa shape index (κ3) is 3.91. The first-order valence-electron chi connectivity index (χ1n) is 7.62. The molecule has 1 N–H and O–H groups in total. The number of hydrogen-bond acceptors (Lipinski definition) is 4. The normalized spacial score (nSPS) is 14.6. The number of anilines is 1. The average molecular weight is 313 g/mol. The van der Waals surface area contributed by atoms with Crippen LogP contribution < -0.4 is 15.2 Å². The minimum Gasteiger partial charge on any atom is -0.484 e. The third-order valence-corrected chi connectivity index (χ3v) is 3.87. The van der Waals surface area contributed by atoms with Crippen molar-refractivity contribution < 1.29 is 9.53 Å². The zero-order valence-corrected chi connectivity index (χ0v) is 12.8. The molecule has 0 bridgehead atoms. The molecule has 1 amide bonds. The van der Waals surface area contributed by atoms with E-state index in [2.05, 4.69) is 9.88 Å². The highest BCUT2D eigenvalue weighted by molar-refractivity contribution is 5.78. The molecule has 6 heteroatoms. The van der Waals surface area contributed by atoms with Crippen LogP contribution in [-0.2, 0) is 4.79 Å². The molecule has 0 spiro atoms. The Hall–Kier alpha value is -2.76. The van der Waals surface area contributed by atoms with E-state index in [1.807, 2.05) is 35.2 Å². The van der Waals surface area contributed by atoms with Gasteiger partial charge in [0.2, 0.25) is 5.56 Å². The van der Waals surface area contributed by atoms with Crippen molar-refractivity contribution in [1.29, 1.82) is 0 Å². The van der Waals surface area contributed by atoms with E-state index in [9.17, 15) is 9.59 Å². The number of carbonyl (C=O) groups is 1. The number of aromatic amines is 1. The van der Waals surface area contributed by atoms with Crippen molar-refractivity contribution in [2.24, 2.45) is 0 Å². The number of aromatic nitrogens is 1. The van der Waals surface area contributed by atoms with E-state index in [4.69, 9.17) is 4.74 Å². The molecule has 1 aliphatic rings. The number of piperazine rings is 1. The van der Waals surface area contributed by atoms with Crippen LogP contribution in [-0.4, -0.2) is 48.6 Å². The summed E-state index contributed by atoms with van der Waals surface area (Å²) in [6, 6.07) is 12.6. The second-order valence-electron chi connectivity index (χ2n) is 5.38. The molecule has 0 radical (unpaired) electrons. The van der Waals surface area contributed by atoms with Gasteiger partial charge in [-0.2, -0.15) is 0 Å². The Balaban J connectivity index is 1.49. The fourth-order valence-corrected chi connectivity index (χ4v) is 2.57. The van der Waals surface area contributed by atoms with Gasteiger partial charge < -0.3 is 19.5 Å². The number of pyridine rings is 1. The van der Waals surface area contributed by atoms with Crippen LogP contribution in [0.1, 0.15) is 0 Å². The van der Waals surface area contributed by atoms with Crippen LogP contribution in [0.3, 0.4) is 0 Å². The van der Waals surface area contributed by atoms with Crippen LogP contribution in [0.4, 0.5) is 5.69 Å². The van der Waals surface area contributed by atoms with E-state index in [-0.39, 0.29) is 18.1 Å². The van der Waals surface area contributed by atoms with Crippen molar-refractivity contribution in [3.8, 4) is 5.75 Å². The molecule has 1 fully saturated rings. The van der Waals surface area contributed by atoms with Crippen LogP contribution in [0.2, 0.25) is 0 Å². The lowest BCUT2D eigenvalue weighted by Gasteiger charge is -2.35. The van der Waals surface area contributed by atoms with E-state index in [1.165, 1.54) is 6.07 Å². The number of ether oxygens (including phenoxy) is 1. The van der Waals surface area contributed by atoms with Gasteiger partial charge >= 0.3 is 0 Å². The van der Waals surface area contributed by atoms with E-state index in [1.54, 1.807) is 12.3 Å². The van der Waals surface area contributed by atoms with Crippen molar-refractivity contribution in [1.82, 2.24) is 9.88 Å². The number of H-pyrrole nitrogens is 1. The number of carbonyl (C=O) groups excluding carboxylic acids is 1. The van der Waals surface area contributed by atoms with Gasteiger partial charge in [0.15, 0.2) is 6.61 Å². The van der Waals surface area contributed by atoms with Crippen molar-refractivity contribution in [3.63, 3.8) is 0 Å². The third-order valence-electron chi connectivity index (χ3n) is 3.87. The molecule has 0 unspecified atom stereocenters. The Morgan fingerprint density at radius 2 is 1.78 bits per heavy atom. The summed E-state index contributed by atoms with van der Waals surface area (Å²) in [5.41, 5.74) is 0.859. The first-order chi connectivity index (χ1) is 11.2. The molecule has 1 aromatic heterocycles. The van der Waals surface area contributed by atoms with Gasteiger partial charge in [0.25, 0.3) is 5.91 Å². The SMILES string of the molecule is O=C(COc1ccccc1)N1CCN(c2ccc(=O)[nH]c2)CC1. The van der Waals surface area contributed by atoms with Crippen LogP contribution in [0, 0.1) is 0 Å². The van der Waals surface area contributed by atoms with Gasteiger partial charge in [0.05, 0.1) is 5.69 Å². The van der Waals surface area contributed by atoms with Gasteiger partial charge in [-0.25, -0.2) is 0 Å². The van der Waals surface area contributed by atoms with Crippen LogP contribution >= 0.6 is 0 Å². The van der Waals surface area contributed by atoms with Gasteiger partial charge in [-0.15, -0.1) is 0 Å². The standard InChI is InChI=1S/C17H19N3O3/c21-16-7-6-14(12-18-16)19-8-10-20(11-9-19)17(22)13-23-15-4-2-1-3-5-15/h1-7,12H,8-11,13H2,(H,18,21). The second kappa shape index (κ2) is 7.00. The van der Waals surface area contributed by atoms with Crippen LogP contribution in [0.5, 0.6) is 5.75 Å². The van der Waals surface area contributed by atoms with Gasteiger partial charge in [-0.1, -0.05) is 18.2 Å². The molecular formula is C17H19N3O3. The maximum absolute atomic E-state index is 12.2. The lowest BCUT2D eigenvalue weighted by molar-refractivity contribution is -0.133. The highest BCUT2D eigenvalue weighted by Crippen LogP contribution is 2.14.